The third-order valence-electron chi connectivity index (χ3n) is 3.43. The average Bonchev–Trinajstić information content (AvgIpc) is 2.47. The third-order valence-corrected chi connectivity index (χ3v) is 5.49. The normalized spacial score (nSPS) is 11.6. The minimum atomic E-state index is -3.91. The zero-order chi connectivity index (χ0) is 16.6. The van der Waals surface area contributed by atoms with Gasteiger partial charge in [0.05, 0.1) is 0 Å². The van der Waals surface area contributed by atoms with E-state index in [2.05, 4.69) is 27.6 Å². The number of nitrogens with zero attached hydrogens (tertiary/aromatic N) is 1. The lowest BCUT2D eigenvalue weighted by Crippen LogP contribution is -2.12. The van der Waals surface area contributed by atoms with Crippen molar-refractivity contribution in [1.29, 1.82) is 0 Å². The van der Waals surface area contributed by atoms with Crippen molar-refractivity contribution in [3.8, 4) is 5.75 Å². The van der Waals surface area contributed by atoms with Crippen LogP contribution in [0, 0.1) is 17.4 Å². The molecule has 0 spiro atoms. The summed E-state index contributed by atoms with van der Waals surface area (Å²) in [7, 11) is -3.91. The van der Waals surface area contributed by atoms with Gasteiger partial charge in [0.15, 0.2) is 5.75 Å². The Morgan fingerprint density at radius 2 is 1.83 bits per heavy atom. The molecule has 0 bridgehead atoms. The minimum absolute atomic E-state index is 0.169. The van der Waals surface area contributed by atoms with Gasteiger partial charge in [0.25, 0.3) is 0 Å². The molecular weight excluding hydrogens is 425 g/mol. The summed E-state index contributed by atoms with van der Waals surface area (Å²) < 4.78 is 31.6. The number of halogens is 1. The summed E-state index contributed by atoms with van der Waals surface area (Å²) in [5.41, 5.74) is 2.00. The Labute approximate surface area is 148 Å². The molecule has 6 heteroatoms. The molecule has 0 N–H and O–H groups in total. The molecule has 23 heavy (non-hydrogen) atoms. The van der Waals surface area contributed by atoms with Gasteiger partial charge < -0.3 is 4.18 Å². The molecule has 0 saturated heterocycles. The zero-order valence-corrected chi connectivity index (χ0v) is 15.6. The van der Waals surface area contributed by atoms with Gasteiger partial charge in [-0.1, -0.05) is 18.2 Å². The first-order valence-electron chi connectivity index (χ1n) is 6.94. The van der Waals surface area contributed by atoms with Gasteiger partial charge in [0.1, 0.15) is 10.4 Å². The Morgan fingerprint density at radius 1 is 1.04 bits per heavy atom. The predicted molar refractivity (Wildman–Crippen MR) is 98.2 cm³/mol. The number of hydrogen-bond acceptors (Lipinski definition) is 4. The minimum Gasteiger partial charge on any atom is -0.377 e. The summed E-state index contributed by atoms with van der Waals surface area (Å²) in [4.78, 5) is 4.57. The fraction of sp³-hybridized carbons (Fsp3) is 0.118. The largest absolute Gasteiger partial charge is 0.377 e. The van der Waals surface area contributed by atoms with Crippen LogP contribution in [0.25, 0.3) is 10.9 Å². The summed E-state index contributed by atoms with van der Waals surface area (Å²) in [6, 6.07) is 14.1. The molecule has 0 aliphatic rings. The summed E-state index contributed by atoms with van der Waals surface area (Å²) >= 11 is 2.14. The molecule has 0 aliphatic heterocycles. The first-order chi connectivity index (χ1) is 10.9. The Bertz CT molecular complexity index is 1000. The number of fused-ring (bicyclic) bond motifs is 1. The van der Waals surface area contributed by atoms with Crippen molar-refractivity contribution < 1.29 is 12.6 Å². The molecule has 4 nitrogen and oxygen atoms in total. The van der Waals surface area contributed by atoms with Crippen molar-refractivity contribution in [2.24, 2.45) is 0 Å². The zero-order valence-electron chi connectivity index (χ0n) is 12.6. The van der Waals surface area contributed by atoms with Crippen molar-refractivity contribution in [2.75, 3.05) is 0 Å². The van der Waals surface area contributed by atoms with Crippen molar-refractivity contribution in [3.05, 3.63) is 63.4 Å². The van der Waals surface area contributed by atoms with E-state index in [1.54, 1.807) is 31.2 Å². The van der Waals surface area contributed by atoms with Gasteiger partial charge in [-0.15, -0.1) is 0 Å². The average molecular weight is 439 g/mol. The lowest BCUT2D eigenvalue weighted by atomic mass is 10.2. The molecule has 2 aromatic carbocycles. The standard InChI is InChI=1S/C17H14INO3S/c1-11-10-14(18)8-9-16(11)23(20,21)22-15-5-3-4-13-7-6-12(2)19-17(13)15/h3-10H,1-2H3. The molecule has 3 rings (SSSR count). The highest BCUT2D eigenvalue weighted by molar-refractivity contribution is 14.1. The number of aromatic nitrogens is 1. The lowest BCUT2D eigenvalue weighted by Gasteiger charge is -2.11. The molecule has 0 fully saturated rings. The van der Waals surface area contributed by atoms with E-state index in [1.165, 1.54) is 0 Å². The highest BCUT2D eigenvalue weighted by atomic mass is 127. The molecule has 0 radical (unpaired) electrons. The third kappa shape index (κ3) is 3.32. The summed E-state index contributed by atoms with van der Waals surface area (Å²) in [6.45, 7) is 3.61. The molecule has 0 aliphatic carbocycles. The van der Waals surface area contributed by atoms with Crippen molar-refractivity contribution in [2.45, 2.75) is 18.7 Å². The van der Waals surface area contributed by atoms with E-state index in [-0.39, 0.29) is 10.6 Å². The van der Waals surface area contributed by atoms with E-state index in [0.29, 0.717) is 11.1 Å². The second-order valence-corrected chi connectivity index (χ2v) is 7.99. The monoisotopic (exact) mass is 439 g/mol. The van der Waals surface area contributed by atoms with Crippen molar-refractivity contribution >= 4 is 43.6 Å². The fourth-order valence-electron chi connectivity index (χ4n) is 2.34. The lowest BCUT2D eigenvalue weighted by molar-refractivity contribution is 0.487. The second-order valence-electron chi connectivity index (χ2n) is 5.23. The van der Waals surface area contributed by atoms with Crippen molar-refractivity contribution in [3.63, 3.8) is 0 Å². The summed E-state index contributed by atoms with van der Waals surface area (Å²) in [5, 5.41) is 0.836. The van der Waals surface area contributed by atoms with E-state index < -0.39 is 10.1 Å². The molecule has 3 aromatic rings. The van der Waals surface area contributed by atoms with Crippen LogP contribution in [0.1, 0.15) is 11.3 Å². The van der Waals surface area contributed by atoms with Gasteiger partial charge >= 0.3 is 10.1 Å². The SMILES string of the molecule is Cc1ccc2cccc(OS(=O)(=O)c3ccc(I)cc3C)c2n1. The number of aryl methyl sites for hydroxylation is 2. The van der Waals surface area contributed by atoms with Crippen LogP contribution in [0.15, 0.2) is 53.4 Å². The van der Waals surface area contributed by atoms with E-state index in [0.717, 1.165) is 14.7 Å². The van der Waals surface area contributed by atoms with Crippen LogP contribution in [0.4, 0.5) is 0 Å². The maximum absolute atomic E-state index is 12.6. The molecule has 1 heterocycles. The number of pyridine rings is 1. The number of para-hydroxylation sites is 1. The van der Waals surface area contributed by atoms with Crippen LogP contribution < -0.4 is 4.18 Å². The van der Waals surface area contributed by atoms with Gasteiger partial charge in [0.2, 0.25) is 0 Å². The first-order valence-corrected chi connectivity index (χ1v) is 9.42. The topological polar surface area (TPSA) is 56.3 Å². The Balaban J connectivity index is 2.09. The van der Waals surface area contributed by atoms with Crippen molar-refractivity contribution in [1.82, 2.24) is 4.98 Å². The quantitative estimate of drug-likeness (QED) is 0.453. The number of benzene rings is 2. The van der Waals surface area contributed by atoms with Gasteiger partial charge in [0, 0.05) is 14.7 Å². The van der Waals surface area contributed by atoms with Gasteiger partial charge in [-0.2, -0.15) is 8.42 Å². The fourth-order valence-corrected chi connectivity index (χ4v) is 4.14. The number of rotatable bonds is 3. The molecule has 0 atom stereocenters. The maximum atomic E-state index is 12.6. The van der Waals surface area contributed by atoms with Crippen LogP contribution in [-0.2, 0) is 10.1 Å². The van der Waals surface area contributed by atoms with Gasteiger partial charge in [-0.05, 0) is 72.3 Å². The smallest absolute Gasteiger partial charge is 0.339 e. The van der Waals surface area contributed by atoms with Crippen LogP contribution in [0.3, 0.4) is 0 Å². The molecule has 1 aromatic heterocycles. The Kier molecular flexibility index (Phi) is 4.29. The first kappa shape index (κ1) is 16.2. The van der Waals surface area contributed by atoms with Crippen LogP contribution in [-0.4, -0.2) is 13.4 Å². The van der Waals surface area contributed by atoms with Gasteiger partial charge in [-0.3, -0.25) is 0 Å². The van der Waals surface area contributed by atoms with Crippen LogP contribution >= 0.6 is 22.6 Å². The molecule has 118 valence electrons. The summed E-state index contributed by atoms with van der Waals surface area (Å²) in [6.07, 6.45) is 0. The number of hydrogen-bond donors (Lipinski definition) is 0. The van der Waals surface area contributed by atoms with Crippen LogP contribution in [0.2, 0.25) is 0 Å². The highest BCUT2D eigenvalue weighted by Gasteiger charge is 2.20. The Morgan fingerprint density at radius 3 is 2.57 bits per heavy atom. The second kappa shape index (κ2) is 6.09. The van der Waals surface area contributed by atoms with E-state index in [4.69, 9.17) is 4.18 Å². The molecular formula is C17H14INO3S. The maximum Gasteiger partial charge on any atom is 0.339 e. The predicted octanol–water partition coefficient (Wildman–Crippen LogP) is 4.22. The van der Waals surface area contributed by atoms with Gasteiger partial charge in [-0.25, -0.2) is 4.98 Å². The summed E-state index contributed by atoms with van der Waals surface area (Å²) in [5.74, 6) is 0.240. The Hall–Kier alpha value is -1.67. The van der Waals surface area contributed by atoms with E-state index >= 15 is 0 Å². The van der Waals surface area contributed by atoms with E-state index in [1.807, 2.05) is 31.2 Å². The highest BCUT2D eigenvalue weighted by Crippen LogP contribution is 2.28. The van der Waals surface area contributed by atoms with E-state index in [9.17, 15) is 8.42 Å². The molecule has 0 unspecified atom stereocenters. The molecule has 0 amide bonds. The molecule has 0 saturated carbocycles. The van der Waals surface area contributed by atoms with Crippen LogP contribution in [0.5, 0.6) is 5.75 Å².